The van der Waals surface area contributed by atoms with Crippen LogP contribution in [-0.2, 0) is 9.59 Å². The molecule has 0 bridgehead atoms. The molecule has 4 nitrogen and oxygen atoms in total. The fourth-order valence-electron chi connectivity index (χ4n) is 6.11. The van der Waals surface area contributed by atoms with Crippen LogP contribution >= 0.6 is 0 Å². The highest BCUT2D eigenvalue weighted by Crippen LogP contribution is 2.16. The maximum absolute atomic E-state index is 12.7. The fourth-order valence-corrected chi connectivity index (χ4v) is 6.11. The Hall–Kier alpha value is -1.06. The maximum atomic E-state index is 12.7. The molecule has 0 atom stereocenters. The lowest BCUT2D eigenvalue weighted by atomic mass is 10.0. The molecule has 2 amide bonds. The molecule has 4 heteroatoms. The van der Waals surface area contributed by atoms with Gasteiger partial charge in [0.1, 0.15) is 0 Å². The molecule has 40 heavy (non-hydrogen) atoms. The summed E-state index contributed by atoms with van der Waals surface area (Å²) in [6.45, 7) is 6.72. The summed E-state index contributed by atoms with van der Waals surface area (Å²) >= 11 is 0. The van der Waals surface area contributed by atoms with Crippen molar-refractivity contribution in [1.82, 2.24) is 9.80 Å². The van der Waals surface area contributed by atoms with E-state index in [1.54, 1.807) is 0 Å². The molecule has 1 aliphatic rings. The lowest BCUT2D eigenvalue weighted by Gasteiger charge is -2.35. The first kappa shape index (κ1) is 37.0. The molecule has 236 valence electrons. The number of amides is 2. The fraction of sp³-hybridized carbons (Fsp3) is 0.944. The molecule has 0 spiro atoms. The lowest BCUT2D eigenvalue weighted by Crippen LogP contribution is -2.49. The van der Waals surface area contributed by atoms with Gasteiger partial charge in [-0.3, -0.25) is 9.59 Å². The van der Waals surface area contributed by atoms with Crippen LogP contribution < -0.4 is 0 Å². The minimum Gasteiger partial charge on any atom is -0.325 e. The summed E-state index contributed by atoms with van der Waals surface area (Å²) in [5, 5.41) is 0. The van der Waals surface area contributed by atoms with Gasteiger partial charge in [0.05, 0.1) is 6.67 Å². The Morgan fingerprint density at radius 3 is 0.925 bits per heavy atom. The Morgan fingerprint density at radius 1 is 0.400 bits per heavy atom. The summed E-state index contributed by atoms with van der Waals surface area (Å²) in [4.78, 5) is 29.4. The van der Waals surface area contributed by atoms with Crippen LogP contribution in [0.2, 0.25) is 0 Å². The van der Waals surface area contributed by atoms with Crippen molar-refractivity contribution in [1.29, 1.82) is 0 Å². The van der Waals surface area contributed by atoms with Gasteiger partial charge in [0.25, 0.3) is 0 Å². The van der Waals surface area contributed by atoms with E-state index in [4.69, 9.17) is 0 Å². The average molecular weight is 563 g/mol. The third kappa shape index (κ3) is 21.7. The average Bonchev–Trinajstić information content (AvgIpc) is 2.97. The highest BCUT2D eigenvalue weighted by atomic mass is 16.2. The zero-order valence-corrected chi connectivity index (χ0v) is 27.3. The molecule has 1 heterocycles. The molecule has 0 saturated carbocycles. The Labute approximate surface area is 250 Å². The van der Waals surface area contributed by atoms with Gasteiger partial charge in [0, 0.05) is 25.9 Å². The predicted molar refractivity (Wildman–Crippen MR) is 174 cm³/mol. The monoisotopic (exact) mass is 563 g/mol. The van der Waals surface area contributed by atoms with Crippen LogP contribution in [-0.4, -0.2) is 41.4 Å². The number of unbranched alkanes of at least 4 members (excludes halogenated alkanes) is 24. The zero-order valence-electron chi connectivity index (χ0n) is 27.3. The summed E-state index contributed by atoms with van der Waals surface area (Å²) in [6, 6.07) is 0. The van der Waals surface area contributed by atoms with Gasteiger partial charge in [-0.1, -0.05) is 168 Å². The van der Waals surface area contributed by atoms with E-state index in [2.05, 4.69) is 13.8 Å². The molecule has 1 aliphatic heterocycles. The molecular formula is C36H70N2O2. The van der Waals surface area contributed by atoms with Gasteiger partial charge in [-0.25, -0.2) is 0 Å². The van der Waals surface area contributed by atoms with E-state index < -0.39 is 0 Å². The minimum absolute atomic E-state index is 0.251. The number of hydrogen-bond donors (Lipinski definition) is 0. The molecule has 1 fully saturated rings. The van der Waals surface area contributed by atoms with E-state index in [1.165, 1.54) is 141 Å². The van der Waals surface area contributed by atoms with Crippen molar-refractivity contribution in [3.05, 3.63) is 0 Å². The number of carbonyl (C=O) groups is 2. The maximum Gasteiger partial charge on any atom is 0.223 e. The predicted octanol–water partition coefficient (Wildman–Crippen LogP) is 11.0. The largest absolute Gasteiger partial charge is 0.325 e. The van der Waals surface area contributed by atoms with E-state index in [0.29, 0.717) is 19.5 Å². The lowest BCUT2D eigenvalue weighted by molar-refractivity contribution is -0.142. The third-order valence-corrected chi connectivity index (χ3v) is 8.89. The number of rotatable bonds is 28. The molecule has 0 N–H and O–H groups in total. The van der Waals surface area contributed by atoms with Crippen LogP contribution in [0, 0.1) is 0 Å². The van der Waals surface area contributed by atoms with Crippen molar-refractivity contribution in [2.45, 2.75) is 200 Å². The van der Waals surface area contributed by atoms with Gasteiger partial charge in [-0.05, 0) is 19.3 Å². The van der Waals surface area contributed by atoms with Crippen molar-refractivity contribution < 1.29 is 9.59 Å². The molecule has 0 aromatic heterocycles. The summed E-state index contributed by atoms with van der Waals surface area (Å²) in [5.41, 5.74) is 0. The Morgan fingerprint density at radius 2 is 0.650 bits per heavy atom. The van der Waals surface area contributed by atoms with Gasteiger partial charge in [-0.2, -0.15) is 0 Å². The van der Waals surface area contributed by atoms with E-state index in [9.17, 15) is 9.59 Å². The first-order valence-corrected chi connectivity index (χ1v) is 18.2. The molecule has 0 radical (unpaired) electrons. The zero-order chi connectivity index (χ0) is 28.9. The Balaban J connectivity index is 1.95. The molecule has 0 unspecified atom stereocenters. The van der Waals surface area contributed by atoms with E-state index >= 15 is 0 Å². The van der Waals surface area contributed by atoms with Gasteiger partial charge in [0.15, 0.2) is 0 Å². The molecular weight excluding hydrogens is 492 g/mol. The van der Waals surface area contributed by atoms with Gasteiger partial charge in [-0.15, -0.1) is 0 Å². The van der Waals surface area contributed by atoms with Crippen molar-refractivity contribution >= 4 is 11.8 Å². The number of hydrogen-bond acceptors (Lipinski definition) is 2. The van der Waals surface area contributed by atoms with Gasteiger partial charge < -0.3 is 9.80 Å². The van der Waals surface area contributed by atoms with Gasteiger partial charge in [0.2, 0.25) is 11.8 Å². The van der Waals surface area contributed by atoms with Crippen LogP contribution in [0.5, 0.6) is 0 Å². The van der Waals surface area contributed by atoms with Crippen LogP contribution in [0.15, 0.2) is 0 Å². The summed E-state index contributed by atoms with van der Waals surface area (Å²) < 4.78 is 0. The van der Waals surface area contributed by atoms with Crippen molar-refractivity contribution in [2.24, 2.45) is 0 Å². The SMILES string of the molecule is CCCCCCCCCCCCCCCC(=O)N1CCCN(C(=O)CCCCCCCCCCCCCCC)C1. The highest BCUT2D eigenvalue weighted by Gasteiger charge is 2.24. The standard InChI is InChI=1S/C36H70N2O2/c1-3-5-7-9-11-13-15-17-19-21-23-25-27-30-35(39)37-32-29-33-38(34-37)36(40)31-28-26-24-22-20-18-16-14-12-10-8-6-4-2/h3-34H2,1-2H3. The van der Waals surface area contributed by atoms with Crippen LogP contribution in [0.25, 0.3) is 0 Å². The topological polar surface area (TPSA) is 40.6 Å². The van der Waals surface area contributed by atoms with E-state index in [-0.39, 0.29) is 11.8 Å². The van der Waals surface area contributed by atoms with Crippen molar-refractivity contribution in [2.75, 3.05) is 19.8 Å². The van der Waals surface area contributed by atoms with Gasteiger partial charge >= 0.3 is 0 Å². The second kappa shape index (κ2) is 28.1. The molecule has 0 aliphatic carbocycles. The first-order chi connectivity index (χ1) is 19.7. The van der Waals surface area contributed by atoms with E-state index in [1.807, 2.05) is 9.80 Å². The Bertz CT molecular complexity index is 531. The molecule has 1 rings (SSSR count). The number of nitrogens with zero attached hydrogens (tertiary/aromatic N) is 2. The van der Waals surface area contributed by atoms with E-state index in [0.717, 1.165) is 45.2 Å². The van der Waals surface area contributed by atoms with Crippen LogP contribution in [0.1, 0.15) is 200 Å². The number of carbonyl (C=O) groups excluding carboxylic acids is 2. The molecule has 0 aromatic rings. The van der Waals surface area contributed by atoms with Crippen LogP contribution in [0.4, 0.5) is 0 Å². The quantitative estimate of drug-likeness (QED) is 0.0890. The summed E-state index contributed by atoms with van der Waals surface area (Å²) in [7, 11) is 0. The summed E-state index contributed by atoms with van der Waals surface area (Å²) in [5.74, 6) is 0.503. The second-order valence-corrected chi connectivity index (χ2v) is 12.8. The van der Waals surface area contributed by atoms with Crippen molar-refractivity contribution in [3.8, 4) is 0 Å². The second-order valence-electron chi connectivity index (χ2n) is 12.8. The highest BCUT2D eigenvalue weighted by molar-refractivity contribution is 5.79. The minimum atomic E-state index is 0.251. The van der Waals surface area contributed by atoms with Crippen LogP contribution in [0.3, 0.4) is 0 Å². The molecule has 1 saturated heterocycles. The normalized spacial score (nSPS) is 13.8. The molecule has 0 aromatic carbocycles. The Kier molecular flexibility index (Phi) is 25.9. The third-order valence-electron chi connectivity index (χ3n) is 8.89. The smallest absolute Gasteiger partial charge is 0.223 e. The van der Waals surface area contributed by atoms with Crippen molar-refractivity contribution in [3.63, 3.8) is 0 Å². The summed E-state index contributed by atoms with van der Waals surface area (Å²) in [6.07, 6.45) is 36.8. The first-order valence-electron chi connectivity index (χ1n) is 18.2.